The summed E-state index contributed by atoms with van der Waals surface area (Å²) >= 11 is 0. The highest BCUT2D eigenvalue weighted by molar-refractivity contribution is 5.82. The molecule has 0 aliphatic heterocycles. The second-order valence-electron chi connectivity index (χ2n) is 2.60. The second kappa shape index (κ2) is 13.8. The zero-order chi connectivity index (χ0) is 9.98. The fourth-order valence-electron chi connectivity index (χ4n) is 0.257. The Hall–Kier alpha value is -0.800. The number of esters is 1. The molecular weight excluding hydrogens is 190 g/mol. The molecule has 1 N–H and O–H groups in total. The van der Waals surface area contributed by atoms with E-state index in [1.165, 1.54) is 11.0 Å². The molecule has 4 heteroatoms. The first-order chi connectivity index (χ1) is 5.54. The highest BCUT2D eigenvalue weighted by atomic mass is 35.5. The summed E-state index contributed by atoms with van der Waals surface area (Å²) in [4.78, 5) is 11.7. The summed E-state index contributed by atoms with van der Waals surface area (Å²) in [6.07, 6.45) is 4.02. The lowest BCUT2D eigenvalue weighted by Crippen LogP contribution is -3.02. The van der Waals surface area contributed by atoms with Crippen LogP contribution in [0.3, 0.4) is 0 Å². The number of nitrogens with one attached hydrogen (secondary N) is 1. The molecule has 13 heavy (non-hydrogen) atoms. The van der Waals surface area contributed by atoms with Crippen LogP contribution in [0.1, 0.15) is 6.92 Å². The summed E-state index contributed by atoms with van der Waals surface area (Å²) in [5.74, 6) is -0.387. The van der Waals surface area contributed by atoms with Gasteiger partial charge in [-0.15, -0.1) is 0 Å². The van der Waals surface area contributed by atoms with Gasteiger partial charge in [-0.05, 0) is 6.92 Å². The standard InChI is InChI=1S/C6H8O2.C3H9N.ClH/c1-3-5-6(7)8-4-2;1-4(2)3;/h3-5H,2H2,1H3;1-3H3;1H. The van der Waals surface area contributed by atoms with Gasteiger partial charge in [0.1, 0.15) is 0 Å². The van der Waals surface area contributed by atoms with E-state index >= 15 is 0 Å². The Morgan fingerprint density at radius 2 is 1.77 bits per heavy atom. The molecule has 78 valence electrons. The van der Waals surface area contributed by atoms with Crippen LogP contribution in [-0.4, -0.2) is 27.1 Å². The van der Waals surface area contributed by atoms with E-state index in [1.807, 2.05) is 0 Å². The van der Waals surface area contributed by atoms with Crippen LogP contribution in [0.5, 0.6) is 0 Å². The van der Waals surface area contributed by atoms with E-state index < -0.39 is 0 Å². The maximum absolute atomic E-state index is 10.3. The summed E-state index contributed by atoms with van der Waals surface area (Å²) in [6.45, 7) is 4.95. The molecule has 0 spiro atoms. The molecule has 0 amide bonds. The van der Waals surface area contributed by atoms with Crippen molar-refractivity contribution < 1.29 is 26.8 Å². The molecule has 0 aromatic rings. The van der Waals surface area contributed by atoms with Crippen molar-refractivity contribution in [1.82, 2.24) is 0 Å². The number of allylic oxidation sites excluding steroid dienone is 1. The lowest BCUT2D eigenvalue weighted by molar-refractivity contribution is -0.836. The van der Waals surface area contributed by atoms with E-state index in [2.05, 4.69) is 32.5 Å². The van der Waals surface area contributed by atoms with Crippen LogP contribution in [0.25, 0.3) is 0 Å². The summed E-state index contributed by atoms with van der Waals surface area (Å²) in [6, 6.07) is 0. The summed E-state index contributed by atoms with van der Waals surface area (Å²) in [5.41, 5.74) is 0. The predicted molar refractivity (Wildman–Crippen MR) is 49.8 cm³/mol. The van der Waals surface area contributed by atoms with Gasteiger partial charge in [0.2, 0.25) is 0 Å². The molecule has 0 heterocycles. The molecule has 3 nitrogen and oxygen atoms in total. The van der Waals surface area contributed by atoms with E-state index in [9.17, 15) is 4.79 Å². The Morgan fingerprint density at radius 3 is 2.00 bits per heavy atom. The monoisotopic (exact) mass is 207 g/mol. The average molecular weight is 208 g/mol. The fourth-order valence-corrected chi connectivity index (χ4v) is 0.257. The van der Waals surface area contributed by atoms with Crippen LogP contribution in [-0.2, 0) is 9.53 Å². The molecule has 0 radical (unpaired) electrons. The number of quaternary nitrogens is 1. The van der Waals surface area contributed by atoms with Crippen molar-refractivity contribution >= 4 is 5.97 Å². The van der Waals surface area contributed by atoms with Crippen LogP contribution in [0.4, 0.5) is 0 Å². The minimum atomic E-state index is -0.387. The van der Waals surface area contributed by atoms with Crippen LogP contribution in [0, 0.1) is 0 Å². The largest absolute Gasteiger partial charge is 1.00 e. The highest BCUT2D eigenvalue weighted by Gasteiger charge is 1.86. The third-order valence-electron chi connectivity index (χ3n) is 0.502. The maximum Gasteiger partial charge on any atom is 0.335 e. The van der Waals surface area contributed by atoms with Crippen LogP contribution < -0.4 is 17.3 Å². The van der Waals surface area contributed by atoms with E-state index in [0.29, 0.717) is 0 Å². The number of hydrogen-bond donors (Lipinski definition) is 1. The normalized spacial score (nSPS) is 8.38. The smallest absolute Gasteiger partial charge is 0.335 e. The molecule has 0 aromatic heterocycles. The van der Waals surface area contributed by atoms with E-state index in [-0.39, 0.29) is 18.4 Å². The molecule has 0 atom stereocenters. The Morgan fingerprint density at radius 1 is 1.38 bits per heavy atom. The maximum atomic E-state index is 10.3. The van der Waals surface area contributed by atoms with E-state index in [1.54, 1.807) is 13.0 Å². The van der Waals surface area contributed by atoms with Gasteiger partial charge in [0.25, 0.3) is 0 Å². The highest BCUT2D eigenvalue weighted by Crippen LogP contribution is 1.78. The van der Waals surface area contributed by atoms with Crippen molar-refractivity contribution in [2.75, 3.05) is 21.1 Å². The van der Waals surface area contributed by atoms with Crippen molar-refractivity contribution in [2.45, 2.75) is 6.92 Å². The van der Waals surface area contributed by atoms with Gasteiger partial charge >= 0.3 is 5.97 Å². The summed E-state index contributed by atoms with van der Waals surface area (Å²) in [7, 11) is 6.25. The quantitative estimate of drug-likeness (QED) is 0.298. The van der Waals surface area contributed by atoms with Crippen molar-refractivity contribution in [3.8, 4) is 0 Å². The van der Waals surface area contributed by atoms with Gasteiger partial charge in [0, 0.05) is 6.08 Å². The van der Waals surface area contributed by atoms with Gasteiger partial charge in [-0.2, -0.15) is 0 Å². The van der Waals surface area contributed by atoms with Crippen LogP contribution in [0.15, 0.2) is 25.0 Å². The first-order valence-electron chi connectivity index (χ1n) is 3.75. The van der Waals surface area contributed by atoms with Crippen LogP contribution in [0.2, 0.25) is 0 Å². The summed E-state index contributed by atoms with van der Waals surface area (Å²) < 4.78 is 4.32. The first-order valence-corrected chi connectivity index (χ1v) is 3.75. The Kier molecular flexibility index (Phi) is 19.1. The lowest BCUT2D eigenvalue weighted by atomic mass is 10.5. The van der Waals surface area contributed by atoms with Gasteiger partial charge in [0.05, 0.1) is 27.4 Å². The number of ether oxygens (including phenoxy) is 1. The molecule has 0 bridgehead atoms. The average Bonchev–Trinajstić information content (AvgIpc) is 1.87. The van der Waals surface area contributed by atoms with E-state index in [0.717, 1.165) is 6.26 Å². The van der Waals surface area contributed by atoms with Gasteiger partial charge in [-0.3, -0.25) is 0 Å². The Bertz CT molecular complexity index is 153. The molecule has 0 fully saturated rings. The first kappa shape index (κ1) is 18.1. The van der Waals surface area contributed by atoms with Gasteiger partial charge < -0.3 is 22.0 Å². The van der Waals surface area contributed by atoms with E-state index in [4.69, 9.17) is 0 Å². The van der Waals surface area contributed by atoms with Crippen molar-refractivity contribution in [1.29, 1.82) is 0 Å². The minimum Gasteiger partial charge on any atom is -1.00 e. The Balaban J connectivity index is -0.000000173. The molecule has 0 aliphatic carbocycles. The second-order valence-corrected chi connectivity index (χ2v) is 2.60. The van der Waals surface area contributed by atoms with Crippen molar-refractivity contribution in [3.05, 3.63) is 25.0 Å². The number of rotatable bonds is 2. The third-order valence-corrected chi connectivity index (χ3v) is 0.502. The number of halogens is 1. The van der Waals surface area contributed by atoms with Crippen LogP contribution >= 0.6 is 0 Å². The molecule has 0 aliphatic rings. The number of hydrogen-bond acceptors (Lipinski definition) is 2. The molecule has 0 saturated heterocycles. The molecule has 0 rings (SSSR count). The zero-order valence-corrected chi connectivity index (χ0v) is 9.39. The predicted octanol–water partition coefficient (Wildman–Crippen LogP) is -2.99. The third kappa shape index (κ3) is 35.1. The van der Waals surface area contributed by atoms with Gasteiger partial charge in [-0.25, -0.2) is 4.79 Å². The lowest BCUT2D eigenvalue weighted by Gasteiger charge is -1.88. The number of carbonyl (C=O) groups excluding carboxylic acids is 1. The molecule has 0 saturated carbocycles. The molecule has 0 aromatic carbocycles. The van der Waals surface area contributed by atoms with Crippen molar-refractivity contribution in [3.63, 3.8) is 0 Å². The SMILES string of the molecule is C=COC(=O)C=CC.C[NH+](C)C.[Cl-]. The topological polar surface area (TPSA) is 30.7 Å². The van der Waals surface area contributed by atoms with Crippen molar-refractivity contribution in [2.24, 2.45) is 0 Å². The molecule has 0 unspecified atom stereocenters. The fraction of sp³-hybridized carbons (Fsp3) is 0.444. The zero-order valence-electron chi connectivity index (χ0n) is 8.63. The Labute approximate surface area is 86.5 Å². The van der Waals surface area contributed by atoms with Gasteiger partial charge in [-0.1, -0.05) is 12.7 Å². The van der Waals surface area contributed by atoms with Gasteiger partial charge in [0.15, 0.2) is 0 Å². The minimum absolute atomic E-state index is 0. The summed E-state index contributed by atoms with van der Waals surface area (Å²) in [5, 5.41) is 0. The number of carbonyl (C=O) groups is 1. The molecular formula is C9H18ClNO2.